The van der Waals surface area contributed by atoms with Crippen LogP contribution in [-0.4, -0.2) is 21.5 Å². The van der Waals surface area contributed by atoms with E-state index in [2.05, 4.69) is 22.4 Å². The van der Waals surface area contributed by atoms with Gasteiger partial charge in [-0.05, 0) is 60.3 Å². The molecule has 0 saturated heterocycles. The van der Waals surface area contributed by atoms with Crippen molar-refractivity contribution in [2.75, 3.05) is 6.54 Å². The summed E-state index contributed by atoms with van der Waals surface area (Å²) in [4.78, 5) is 17.8. The van der Waals surface area contributed by atoms with Gasteiger partial charge in [-0.25, -0.2) is 0 Å². The van der Waals surface area contributed by atoms with Crippen molar-refractivity contribution in [3.05, 3.63) is 106 Å². The van der Waals surface area contributed by atoms with E-state index in [1.165, 1.54) is 5.56 Å². The first kappa shape index (κ1) is 20.9. The Morgan fingerprint density at radius 1 is 1.06 bits per heavy atom. The van der Waals surface area contributed by atoms with Gasteiger partial charge in [-0.15, -0.1) is 0 Å². The molecule has 2 N–H and O–H groups in total. The summed E-state index contributed by atoms with van der Waals surface area (Å²) in [6.45, 7) is 3.57. The Balaban J connectivity index is 1.52. The number of H-pyrrole nitrogens is 1. The van der Waals surface area contributed by atoms with E-state index in [0.717, 1.165) is 28.6 Å². The highest BCUT2D eigenvalue weighted by Crippen LogP contribution is 2.17. The van der Waals surface area contributed by atoms with Crippen LogP contribution >= 0.6 is 12.2 Å². The van der Waals surface area contributed by atoms with Crippen LogP contribution in [0.2, 0.25) is 0 Å². The first-order valence-corrected chi connectivity index (χ1v) is 10.7. The summed E-state index contributed by atoms with van der Waals surface area (Å²) in [5, 5.41) is 4.94. The molecule has 0 fully saturated rings. The smallest absolute Gasteiger partial charge is 0.253 e. The number of hydrogen-bond acceptors (Lipinski definition) is 3. The lowest BCUT2D eigenvalue weighted by atomic mass is 10.1. The predicted molar refractivity (Wildman–Crippen MR) is 128 cm³/mol. The number of benzene rings is 2. The van der Waals surface area contributed by atoms with Crippen LogP contribution in [0.4, 0.5) is 0 Å². The standard InChI is InChI=1S/C25H25N3O2S/c1-18-7-5-10-20-15-21(24(29)27-23(18)20)16-28(17-22-11-6-14-30-22)25(31)26-13-12-19-8-3-2-4-9-19/h2-11,14-15H,12-13,16-17H2,1H3,(H,26,31)(H,27,29). The lowest BCUT2D eigenvalue weighted by Crippen LogP contribution is -2.40. The molecule has 4 rings (SSSR count). The molecule has 0 amide bonds. The van der Waals surface area contributed by atoms with E-state index in [-0.39, 0.29) is 5.56 Å². The summed E-state index contributed by atoms with van der Waals surface area (Å²) in [6, 6.07) is 22.0. The fourth-order valence-corrected chi connectivity index (χ4v) is 3.84. The molecule has 5 nitrogen and oxygen atoms in total. The second kappa shape index (κ2) is 9.62. The summed E-state index contributed by atoms with van der Waals surface area (Å²) < 4.78 is 5.53. The van der Waals surface area contributed by atoms with Crippen LogP contribution in [0.25, 0.3) is 10.9 Å². The minimum absolute atomic E-state index is 0.0988. The Kier molecular flexibility index (Phi) is 6.48. The van der Waals surface area contributed by atoms with Crippen LogP contribution in [0.15, 0.2) is 82.2 Å². The maximum Gasteiger partial charge on any atom is 0.253 e. The summed E-state index contributed by atoms with van der Waals surface area (Å²) in [5.74, 6) is 0.792. The summed E-state index contributed by atoms with van der Waals surface area (Å²) in [6.07, 6.45) is 2.51. The third kappa shape index (κ3) is 5.22. The highest BCUT2D eigenvalue weighted by molar-refractivity contribution is 7.80. The van der Waals surface area contributed by atoms with Crippen molar-refractivity contribution in [1.82, 2.24) is 15.2 Å². The molecule has 2 aromatic heterocycles. The van der Waals surface area contributed by atoms with E-state index in [0.29, 0.717) is 30.3 Å². The maximum absolute atomic E-state index is 12.8. The van der Waals surface area contributed by atoms with Crippen LogP contribution in [-0.2, 0) is 19.5 Å². The molecular formula is C25H25N3O2S. The number of aromatic amines is 1. The number of pyridine rings is 1. The normalized spacial score (nSPS) is 10.9. The lowest BCUT2D eigenvalue weighted by Gasteiger charge is -2.25. The SMILES string of the molecule is Cc1cccc2cc(CN(Cc3ccco3)C(=S)NCCc3ccccc3)c(=O)[nH]c12. The van der Waals surface area contributed by atoms with E-state index >= 15 is 0 Å². The van der Waals surface area contributed by atoms with Gasteiger partial charge in [-0.1, -0.05) is 48.5 Å². The summed E-state index contributed by atoms with van der Waals surface area (Å²) in [7, 11) is 0. The van der Waals surface area contributed by atoms with Crippen molar-refractivity contribution in [2.45, 2.75) is 26.4 Å². The summed E-state index contributed by atoms with van der Waals surface area (Å²) >= 11 is 5.68. The predicted octanol–water partition coefficient (Wildman–Crippen LogP) is 4.55. The van der Waals surface area contributed by atoms with E-state index in [1.54, 1.807) is 6.26 Å². The second-order valence-corrected chi connectivity index (χ2v) is 7.95. The number of thiocarbonyl (C=S) groups is 1. The monoisotopic (exact) mass is 431 g/mol. The van der Waals surface area contributed by atoms with E-state index < -0.39 is 0 Å². The van der Waals surface area contributed by atoms with Gasteiger partial charge in [0, 0.05) is 12.1 Å². The van der Waals surface area contributed by atoms with Crippen molar-refractivity contribution in [1.29, 1.82) is 0 Å². The number of furan rings is 1. The molecule has 0 bridgehead atoms. The van der Waals surface area contributed by atoms with Gasteiger partial charge < -0.3 is 19.6 Å². The van der Waals surface area contributed by atoms with Crippen molar-refractivity contribution in [2.24, 2.45) is 0 Å². The van der Waals surface area contributed by atoms with Crippen molar-refractivity contribution >= 4 is 28.2 Å². The van der Waals surface area contributed by atoms with Gasteiger partial charge in [-0.3, -0.25) is 4.79 Å². The van der Waals surface area contributed by atoms with E-state index in [4.69, 9.17) is 16.6 Å². The Morgan fingerprint density at radius 3 is 2.68 bits per heavy atom. The molecule has 0 atom stereocenters. The number of nitrogens with one attached hydrogen (secondary N) is 2. The van der Waals surface area contributed by atoms with Crippen LogP contribution in [0.5, 0.6) is 0 Å². The number of hydrogen-bond donors (Lipinski definition) is 2. The third-order valence-electron chi connectivity index (χ3n) is 5.27. The van der Waals surface area contributed by atoms with Gasteiger partial charge >= 0.3 is 0 Å². The quantitative estimate of drug-likeness (QED) is 0.421. The van der Waals surface area contributed by atoms with Gasteiger partial charge in [0.25, 0.3) is 5.56 Å². The summed E-state index contributed by atoms with van der Waals surface area (Å²) in [5.41, 5.74) is 3.73. The molecule has 4 aromatic rings. The molecule has 0 aliphatic carbocycles. The molecule has 2 heterocycles. The van der Waals surface area contributed by atoms with Crippen molar-refractivity contribution in [3.63, 3.8) is 0 Å². The minimum atomic E-state index is -0.0988. The zero-order valence-electron chi connectivity index (χ0n) is 17.4. The average molecular weight is 432 g/mol. The molecule has 6 heteroatoms. The van der Waals surface area contributed by atoms with Gasteiger partial charge in [-0.2, -0.15) is 0 Å². The first-order chi connectivity index (χ1) is 15.1. The molecule has 0 unspecified atom stereocenters. The molecule has 158 valence electrons. The minimum Gasteiger partial charge on any atom is -0.467 e. The highest BCUT2D eigenvalue weighted by Gasteiger charge is 2.15. The third-order valence-corrected chi connectivity index (χ3v) is 5.68. The second-order valence-electron chi connectivity index (χ2n) is 7.57. The number of para-hydroxylation sites is 1. The number of rotatable bonds is 7. The first-order valence-electron chi connectivity index (χ1n) is 10.3. The number of aryl methyl sites for hydroxylation is 1. The van der Waals surface area contributed by atoms with Crippen LogP contribution < -0.4 is 10.9 Å². The zero-order chi connectivity index (χ0) is 21.6. The van der Waals surface area contributed by atoms with Crippen molar-refractivity contribution < 1.29 is 4.42 Å². The largest absolute Gasteiger partial charge is 0.467 e. The van der Waals surface area contributed by atoms with Gasteiger partial charge in [0.05, 0.1) is 24.9 Å². The van der Waals surface area contributed by atoms with Gasteiger partial charge in [0.2, 0.25) is 0 Å². The molecule has 0 radical (unpaired) electrons. The Bertz CT molecular complexity index is 1220. The zero-order valence-corrected chi connectivity index (χ0v) is 18.2. The molecular weight excluding hydrogens is 406 g/mol. The Morgan fingerprint density at radius 2 is 1.90 bits per heavy atom. The van der Waals surface area contributed by atoms with Gasteiger partial charge in [0.1, 0.15) is 5.76 Å². The maximum atomic E-state index is 12.8. The van der Waals surface area contributed by atoms with Crippen molar-refractivity contribution in [3.8, 4) is 0 Å². The number of fused-ring (bicyclic) bond motifs is 1. The van der Waals surface area contributed by atoms with Gasteiger partial charge in [0.15, 0.2) is 5.11 Å². The Hall–Kier alpha value is -3.38. The molecule has 0 aliphatic rings. The van der Waals surface area contributed by atoms with Crippen LogP contribution in [0, 0.1) is 6.92 Å². The molecule has 2 aromatic carbocycles. The highest BCUT2D eigenvalue weighted by atomic mass is 32.1. The van der Waals surface area contributed by atoms with E-state index in [9.17, 15) is 4.79 Å². The molecule has 0 saturated carbocycles. The fourth-order valence-electron chi connectivity index (χ4n) is 3.61. The molecule has 31 heavy (non-hydrogen) atoms. The average Bonchev–Trinajstić information content (AvgIpc) is 3.28. The lowest BCUT2D eigenvalue weighted by molar-refractivity contribution is 0.350. The Labute approximate surface area is 186 Å². The van der Waals surface area contributed by atoms with Crippen LogP contribution in [0.1, 0.15) is 22.5 Å². The topological polar surface area (TPSA) is 61.3 Å². The van der Waals surface area contributed by atoms with Crippen LogP contribution in [0.3, 0.4) is 0 Å². The number of aromatic nitrogens is 1. The molecule has 0 aliphatic heterocycles. The molecule has 0 spiro atoms. The number of nitrogens with zero attached hydrogens (tertiary/aromatic N) is 1. The van der Waals surface area contributed by atoms with E-state index in [1.807, 2.05) is 66.4 Å². The fraction of sp³-hybridized carbons (Fsp3) is 0.200.